The zero-order valence-corrected chi connectivity index (χ0v) is 16.8. The van der Waals surface area contributed by atoms with E-state index >= 15 is 0 Å². The molecule has 0 atom stereocenters. The molecule has 0 fully saturated rings. The molecule has 0 bridgehead atoms. The summed E-state index contributed by atoms with van der Waals surface area (Å²) in [5.41, 5.74) is 1.37. The van der Waals surface area contributed by atoms with Crippen LogP contribution in [0.1, 0.15) is 45.1 Å². The third-order valence-electron chi connectivity index (χ3n) is 3.85. The van der Waals surface area contributed by atoms with Crippen molar-refractivity contribution >= 4 is 5.91 Å². The first kappa shape index (κ1) is 19.5. The largest absolute Gasteiger partial charge is 0.424 e. The van der Waals surface area contributed by atoms with Gasteiger partial charge in [0.1, 0.15) is 5.75 Å². The molecular weight excluding hydrogens is 354 g/mol. The van der Waals surface area contributed by atoms with E-state index in [2.05, 4.69) is 20.4 Å². The van der Waals surface area contributed by atoms with Crippen LogP contribution in [-0.4, -0.2) is 31.7 Å². The highest BCUT2D eigenvalue weighted by atomic mass is 16.5. The lowest BCUT2D eigenvalue weighted by Gasteiger charge is -2.22. The highest BCUT2D eigenvalue weighted by Gasteiger charge is 2.24. The number of nitrogens with one attached hydrogen (secondary N) is 1. The molecular formula is C21H25N5O2. The molecule has 0 spiro atoms. The molecule has 7 heteroatoms. The van der Waals surface area contributed by atoms with Gasteiger partial charge < -0.3 is 10.1 Å². The van der Waals surface area contributed by atoms with Crippen molar-refractivity contribution in [3.05, 3.63) is 54.4 Å². The number of nitrogens with zero attached hydrogens (tertiary/aromatic N) is 4. The number of carbonyl (C=O) groups excluding carboxylic acids is 1. The van der Waals surface area contributed by atoms with Gasteiger partial charge in [-0.1, -0.05) is 18.2 Å². The van der Waals surface area contributed by atoms with Gasteiger partial charge in [-0.2, -0.15) is 10.1 Å². The van der Waals surface area contributed by atoms with Crippen LogP contribution >= 0.6 is 0 Å². The first-order valence-electron chi connectivity index (χ1n) is 9.22. The zero-order valence-electron chi connectivity index (χ0n) is 16.8. The molecule has 0 aliphatic heterocycles. The quantitative estimate of drug-likeness (QED) is 0.724. The van der Waals surface area contributed by atoms with Gasteiger partial charge in [-0.3, -0.25) is 9.48 Å². The summed E-state index contributed by atoms with van der Waals surface area (Å²) in [6, 6.07) is 13.1. The predicted molar refractivity (Wildman–Crippen MR) is 107 cm³/mol. The highest BCUT2D eigenvalue weighted by molar-refractivity contribution is 5.93. The molecule has 2 aromatic heterocycles. The van der Waals surface area contributed by atoms with E-state index in [0.29, 0.717) is 17.1 Å². The lowest BCUT2D eigenvalue weighted by molar-refractivity contribution is 0.0936. The van der Waals surface area contributed by atoms with Crippen LogP contribution in [-0.2, 0) is 5.54 Å². The fraction of sp³-hybridized carbons (Fsp3) is 0.333. The summed E-state index contributed by atoms with van der Waals surface area (Å²) in [5.74, 6) is 0.440. The van der Waals surface area contributed by atoms with Crippen LogP contribution in [0.15, 0.2) is 48.7 Å². The van der Waals surface area contributed by atoms with Crippen molar-refractivity contribution in [2.75, 3.05) is 0 Å². The summed E-state index contributed by atoms with van der Waals surface area (Å²) < 4.78 is 7.54. The predicted octanol–water partition coefficient (Wildman–Crippen LogP) is 4.03. The van der Waals surface area contributed by atoms with Gasteiger partial charge in [0, 0.05) is 12.2 Å². The Morgan fingerprint density at radius 1 is 1.14 bits per heavy atom. The Morgan fingerprint density at radius 2 is 1.86 bits per heavy atom. The maximum absolute atomic E-state index is 12.4. The van der Waals surface area contributed by atoms with E-state index in [0.717, 1.165) is 5.69 Å². The molecule has 0 aliphatic rings. The van der Waals surface area contributed by atoms with Crippen molar-refractivity contribution in [1.82, 2.24) is 25.1 Å². The number of aromatic nitrogens is 4. The average Bonchev–Trinajstić information content (AvgIpc) is 3.08. The van der Waals surface area contributed by atoms with Crippen molar-refractivity contribution < 1.29 is 9.53 Å². The van der Waals surface area contributed by atoms with E-state index in [9.17, 15) is 4.79 Å². The third kappa shape index (κ3) is 4.54. The summed E-state index contributed by atoms with van der Waals surface area (Å²) >= 11 is 0. The van der Waals surface area contributed by atoms with Crippen LogP contribution in [0.5, 0.6) is 11.8 Å². The maximum Gasteiger partial charge on any atom is 0.322 e. The molecule has 3 aromatic rings. The number of hydrogen-bond donors (Lipinski definition) is 1. The molecule has 0 saturated carbocycles. The Hall–Kier alpha value is -3.22. The molecule has 0 saturated heterocycles. The molecule has 1 amide bonds. The van der Waals surface area contributed by atoms with Gasteiger partial charge in [-0.25, -0.2) is 4.98 Å². The van der Waals surface area contributed by atoms with Crippen LogP contribution in [0, 0.1) is 0 Å². The normalized spacial score (nSPS) is 11.5. The van der Waals surface area contributed by atoms with Crippen LogP contribution in [0.3, 0.4) is 0 Å². The maximum atomic E-state index is 12.4. The van der Waals surface area contributed by atoms with Gasteiger partial charge in [0.05, 0.1) is 16.9 Å². The number of amides is 1. The standard InChI is InChI=1S/C21H25N5O2/c1-14(2)23-19(27)17-13-18(26(25-17)21(3,4)5)16-11-12-22-20(24-16)28-15-9-7-6-8-10-15/h6-14H,1-5H3,(H,23,27). The molecule has 7 nitrogen and oxygen atoms in total. The van der Waals surface area contributed by atoms with Crippen LogP contribution < -0.4 is 10.1 Å². The minimum Gasteiger partial charge on any atom is -0.424 e. The van der Waals surface area contributed by atoms with Gasteiger partial charge in [-0.15, -0.1) is 0 Å². The summed E-state index contributed by atoms with van der Waals surface area (Å²) in [6.45, 7) is 9.90. The number of benzene rings is 1. The highest BCUT2D eigenvalue weighted by Crippen LogP contribution is 2.27. The zero-order chi connectivity index (χ0) is 20.3. The molecule has 3 rings (SSSR count). The second kappa shape index (κ2) is 7.80. The number of ether oxygens (including phenoxy) is 1. The molecule has 1 aromatic carbocycles. The van der Waals surface area contributed by atoms with Gasteiger partial charge in [0.25, 0.3) is 5.91 Å². The Morgan fingerprint density at radius 3 is 2.50 bits per heavy atom. The summed E-state index contributed by atoms with van der Waals surface area (Å²) in [7, 11) is 0. The lowest BCUT2D eigenvalue weighted by Crippen LogP contribution is -2.31. The van der Waals surface area contributed by atoms with Crippen LogP contribution in [0.4, 0.5) is 0 Å². The fourth-order valence-corrected chi connectivity index (χ4v) is 2.65. The number of hydrogen-bond acceptors (Lipinski definition) is 5. The first-order valence-corrected chi connectivity index (χ1v) is 9.22. The monoisotopic (exact) mass is 379 g/mol. The molecule has 0 unspecified atom stereocenters. The van der Waals surface area contributed by atoms with Crippen molar-refractivity contribution in [2.24, 2.45) is 0 Å². The molecule has 146 valence electrons. The molecule has 0 aliphatic carbocycles. The van der Waals surface area contributed by atoms with Gasteiger partial charge in [-0.05, 0) is 58.9 Å². The summed E-state index contributed by atoms with van der Waals surface area (Å²) in [5, 5.41) is 7.40. The third-order valence-corrected chi connectivity index (χ3v) is 3.85. The summed E-state index contributed by atoms with van der Waals surface area (Å²) in [4.78, 5) is 21.2. The van der Waals surface area contributed by atoms with Crippen molar-refractivity contribution in [1.29, 1.82) is 0 Å². The van der Waals surface area contributed by atoms with E-state index in [1.54, 1.807) is 23.0 Å². The number of rotatable bonds is 5. The molecule has 2 heterocycles. The van der Waals surface area contributed by atoms with E-state index in [-0.39, 0.29) is 23.5 Å². The summed E-state index contributed by atoms with van der Waals surface area (Å²) in [6.07, 6.45) is 1.63. The first-order chi connectivity index (χ1) is 13.2. The van der Waals surface area contributed by atoms with E-state index in [4.69, 9.17) is 4.74 Å². The van der Waals surface area contributed by atoms with Crippen LogP contribution in [0.25, 0.3) is 11.4 Å². The van der Waals surface area contributed by atoms with E-state index in [1.165, 1.54) is 0 Å². The minimum atomic E-state index is -0.336. The second-order valence-corrected chi connectivity index (χ2v) is 7.77. The average molecular weight is 379 g/mol. The molecule has 1 N–H and O–H groups in total. The van der Waals surface area contributed by atoms with E-state index in [1.807, 2.05) is 65.0 Å². The Bertz CT molecular complexity index is 958. The van der Waals surface area contributed by atoms with Gasteiger partial charge >= 0.3 is 6.01 Å². The Labute approximate surface area is 164 Å². The molecule has 28 heavy (non-hydrogen) atoms. The molecule has 0 radical (unpaired) electrons. The van der Waals surface area contributed by atoms with Crippen molar-refractivity contribution in [2.45, 2.75) is 46.2 Å². The minimum absolute atomic E-state index is 0.0284. The lowest BCUT2D eigenvalue weighted by atomic mass is 10.1. The van der Waals surface area contributed by atoms with Gasteiger partial charge in [0.2, 0.25) is 0 Å². The van der Waals surface area contributed by atoms with E-state index < -0.39 is 0 Å². The van der Waals surface area contributed by atoms with Crippen LogP contribution in [0.2, 0.25) is 0 Å². The van der Waals surface area contributed by atoms with Gasteiger partial charge in [0.15, 0.2) is 5.69 Å². The second-order valence-electron chi connectivity index (χ2n) is 7.77. The SMILES string of the molecule is CC(C)NC(=O)c1cc(-c2ccnc(Oc3ccccc3)n2)n(C(C)(C)C)n1. The number of para-hydroxylation sites is 1. The van der Waals surface area contributed by atoms with Crippen molar-refractivity contribution in [3.8, 4) is 23.1 Å². The smallest absolute Gasteiger partial charge is 0.322 e. The fourth-order valence-electron chi connectivity index (χ4n) is 2.65. The Kier molecular flexibility index (Phi) is 5.44. The topological polar surface area (TPSA) is 81.9 Å². The number of carbonyl (C=O) groups is 1. The Balaban J connectivity index is 1.99. The van der Waals surface area contributed by atoms with Crippen molar-refractivity contribution in [3.63, 3.8) is 0 Å².